The molecule has 62 valence electrons. The summed E-state index contributed by atoms with van der Waals surface area (Å²) in [6.07, 6.45) is 1.35. The van der Waals surface area contributed by atoms with Gasteiger partial charge in [-0.2, -0.15) is 0 Å². The molecule has 0 aliphatic carbocycles. The summed E-state index contributed by atoms with van der Waals surface area (Å²) in [7, 11) is 0. The Labute approximate surface area is 70.7 Å². The molecular weight excluding hydrogens is 160 g/mol. The standard InChI is InChI=1S/C8H12O2S/c1-5(2)8-7(10)3-6(9)4-11-8/h3,5,8,10H,4H2,1-2H3. The Kier molecular flexibility index (Phi) is 2.60. The normalized spacial score (nSPS) is 25.5. The fourth-order valence-electron chi connectivity index (χ4n) is 1.08. The maximum atomic E-state index is 10.8. The molecule has 0 aromatic rings. The van der Waals surface area contributed by atoms with Crippen molar-refractivity contribution in [3.05, 3.63) is 11.8 Å². The van der Waals surface area contributed by atoms with Crippen LogP contribution in [0.4, 0.5) is 0 Å². The highest BCUT2D eigenvalue weighted by Gasteiger charge is 2.23. The minimum atomic E-state index is 0.0180. The van der Waals surface area contributed by atoms with Crippen LogP contribution < -0.4 is 0 Å². The molecule has 0 radical (unpaired) electrons. The van der Waals surface area contributed by atoms with Gasteiger partial charge in [0.1, 0.15) is 5.76 Å². The molecule has 0 aromatic carbocycles. The summed E-state index contributed by atoms with van der Waals surface area (Å²) in [6, 6.07) is 0. The Bertz CT molecular complexity index is 196. The van der Waals surface area contributed by atoms with E-state index in [0.29, 0.717) is 11.7 Å². The molecule has 1 N–H and O–H groups in total. The highest BCUT2D eigenvalue weighted by atomic mass is 32.2. The van der Waals surface area contributed by atoms with E-state index in [1.807, 2.05) is 13.8 Å². The molecule has 1 atom stereocenters. The van der Waals surface area contributed by atoms with Gasteiger partial charge in [0, 0.05) is 6.08 Å². The highest BCUT2D eigenvalue weighted by molar-refractivity contribution is 8.00. The zero-order chi connectivity index (χ0) is 8.43. The van der Waals surface area contributed by atoms with E-state index in [2.05, 4.69) is 0 Å². The largest absolute Gasteiger partial charge is 0.511 e. The van der Waals surface area contributed by atoms with Crippen LogP contribution in [-0.4, -0.2) is 21.9 Å². The summed E-state index contributed by atoms with van der Waals surface area (Å²) in [4.78, 5) is 10.8. The Morgan fingerprint density at radius 2 is 2.36 bits per heavy atom. The number of rotatable bonds is 1. The van der Waals surface area contributed by atoms with Crippen LogP contribution >= 0.6 is 11.8 Å². The average molecular weight is 172 g/mol. The molecule has 0 aromatic heterocycles. The summed E-state index contributed by atoms with van der Waals surface area (Å²) >= 11 is 1.52. The fourth-order valence-corrected chi connectivity index (χ4v) is 2.13. The van der Waals surface area contributed by atoms with Crippen LogP contribution in [0.5, 0.6) is 0 Å². The number of allylic oxidation sites excluding steroid dienone is 1. The number of thioether (sulfide) groups is 1. The molecule has 0 spiro atoms. The zero-order valence-corrected chi connectivity index (χ0v) is 7.52. The molecule has 1 rings (SSSR count). The van der Waals surface area contributed by atoms with Gasteiger partial charge in [-0.25, -0.2) is 0 Å². The van der Waals surface area contributed by atoms with Crippen LogP contribution in [0.3, 0.4) is 0 Å². The molecule has 1 aliphatic rings. The van der Waals surface area contributed by atoms with Crippen molar-refractivity contribution in [2.24, 2.45) is 5.92 Å². The summed E-state index contributed by atoms with van der Waals surface area (Å²) in [5, 5.41) is 9.45. The van der Waals surface area contributed by atoms with Crippen molar-refractivity contribution in [2.45, 2.75) is 19.1 Å². The van der Waals surface area contributed by atoms with Gasteiger partial charge in [-0.3, -0.25) is 4.79 Å². The third kappa shape index (κ3) is 1.99. The quantitative estimate of drug-likeness (QED) is 0.655. The van der Waals surface area contributed by atoms with E-state index in [1.165, 1.54) is 17.8 Å². The Balaban J connectivity index is 2.72. The van der Waals surface area contributed by atoms with Crippen molar-refractivity contribution < 1.29 is 9.90 Å². The maximum Gasteiger partial charge on any atom is 0.168 e. The van der Waals surface area contributed by atoms with Crippen LogP contribution in [-0.2, 0) is 4.79 Å². The predicted octanol–water partition coefficient (Wildman–Crippen LogP) is 1.77. The summed E-state index contributed by atoms with van der Waals surface area (Å²) in [5.41, 5.74) is 0. The van der Waals surface area contributed by atoms with Gasteiger partial charge in [0.25, 0.3) is 0 Å². The van der Waals surface area contributed by atoms with Crippen LogP contribution in [0.2, 0.25) is 0 Å². The second-order valence-corrected chi connectivity index (χ2v) is 4.14. The first-order chi connectivity index (χ1) is 5.11. The Morgan fingerprint density at radius 1 is 1.73 bits per heavy atom. The molecule has 1 aliphatic heterocycles. The van der Waals surface area contributed by atoms with Crippen molar-refractivity contribution >= 4 is 17.5 Å². The van der Waals surface area contributed by atoms with Crippen molar-refractivity contribution in [1.29, 1.82) is 0 Å². The molecule has 1 heterocycles. The first-order valence-corrected chi connectivity index (χ1v) is 4.71. The first kappa shape index (κ1) is 8.65. The minimum Gasteiger partial charge on any atom is -0.511 e. The van der Waals surface area contributed by atoms with E-state index < -0.39 is 0 Å². The van der Waals surface area contributed by atoms with Gasteiger partial charge in [0.15, 0.2) is 5.78 Å². The van der Waals surface area contributed by atoms with E-state index in [1.54, 1.807) is 0 Å². The van der Waals surface area contributed by atoms with Gasteiger partial charge >= 0.3 is 0 Å². The lowest BCUT2D eigenvalue weighted by Crippen LogP contribution is -2.21. The average Bonchev–Trinajstić information content (AvgIpc) is 1.85. The third-order valence-corrected chi connectivity index (χ3v) is 3.21. The lowest BCUT2D eigenvalue weighted by Gasteiger charge is -2.22. The molecule has 0 bridgehead atoms. The smallest absolute Gasteiger partial charge is 0.168 e. The van der Waals surface area contributed by atoms with Gasteiger partial charge in [0.2, 0.25) is 0 Å². The van der Waals surface area contributed by atoms with E-state index in [-0.39, 0.29) is 16.8 Å². The topological polar surface area (TPSA) is 37.3 Å². The highest BCUT2D eigenvalue weighted by Crippen LogP contribution is 2.28. The van der Waals surface area contributed by atoms with E-state index in [4.69, 9.17) is 0 Å². The van der Waals surface area contributed by atoms with Crippen molar-refractivity contribution in [1.82, 2.24) is 0 Å². The third-order valence-electron chi connectivity index (χ3n) is 1.61. The number of carbonyl (C=O) groups is 1. The second kappa shape index (κ2) is 3.30. The SMILES string of the molecule is CC(C)C1SCC(=O)C=C1O. The van der Waals surface area contributed by atoms with Crippen LogP contribution in [0.25, 0.3) is 0 Å². The number of aliphatic hydroxyl groups excluding tert-OH is 1. The minimum absolute atomic E-state index is 0.0180. The lowest BCUT2D eigenvalue weighted by atomic mass is 10.1. The molecule has 0 saturated carbocycles. The van der Waals surface area contributed by atoms with E-state index in [9.17, 15) is 9.90 Å². The van der Waals surface area contributed by atoms with Gasteiger partial charge in [-0.1, -0.05) is 13.8 Å². The fraction of sp³-hybridized carbons (Fsp3) is 0.625. The second-order valence-electron chi connectivity index (χ2n) is 3.01. The zero-order valence-electron chi connectivity index (χ0n) is 6.70. The number of hydrogen-bond acceptors (Lipinski definition) is 3. The van der Waals surface area contributed by atoms with Crippen molar-refractivity contribution in [2.75, 3.05) is 5.75 Å². The van der Waals surface area contributed by atoms with E-state index in [0.717, 1.165) is 0 Å². The van der Waals surface area contributed by atoms with Crippen LogP contribution in [0.1, 0.15) is 13.8 Å². The number of carbonyl (C=O) groups excluding carboxylic acids is 1. The molecule has 1 unspecified atom stereocenters. The van der Waals surface area contributed by atoms with Crippen molar-refractivity contribution in [3.63, 3.8) is 0 Å². The molecule has 0 fully saturated rings. The summed E-state index contributed by atoms with van der Waals surface area (Å²) in [6.45, 7) is 4.08. The predicted molar refractivity (Wildman–Crippen MR) is 46.8 cm³/mol. The Morgan fingerprint density at radius 3 is 2.82 bits per heavy atom. The van der Waals surface area contributed by atoms with Gasteiger partial charge in [-0.05, 0) is 5.92 Å². The lowest BCUT2D eigenvalue weighted by molar-refractivity contribution is -0.112. The van der Waals surface area contributed by atoms with Crippen molar-refractivity contribution in [3.8, 4) is 0 Å². The number of aliphatic hydroxyl groups is 1. The monoisotopic (exact) mass is 172 g/mol. The van der Waals surface area contributed by atoms with Gasteiger partial charge < -0.3 is 5.11 Å². The Hall–Kier alpha value is -0.440. The van der Waals surface area contributed by atoms with E-state index >= 15 is 0 Å². The van der Waals surface area contributed by atoms with Gasteiger partial charge in [0.05, 0.1) is 11.0 Å². The number of ketones is 1. The summed E-state index contributed by atoms with van der Waals surface area (Å²) in [5.74, 6) is 1.16. The maximum absolute atomic E-state index is 10.8. The first-order valence-electron chi connectivity index (χ1n) is 3.66. The summed E-state index contributed by atoms with van der Waals surface area (Å²) < 4.78 is 0. The molecule has 3 heteroatoms. The van der Waals surface area contributed by atoms with Crippen LogP contribution in [0.15, 0.2) is 11.8 Å². The molecule has 0 saturated heterocycles. The van der Waals surface area contributed by atoms with Gasteiger partial charge in [-0.15, -0.1) is 11.8 Å². The molecule has 2 nitrogen and oxygen atoms in total. The number of hydrogen-bond donors (Lipinski definition) is 1. The molecule has 11 heavy (non-hydrogen) atoms. The molecule has 0 amide bonds. The van der Waals surface area contributed by atoms with Crippen LogP contribution in [0, 0.1) is 5.92 Å². The molecular formula is C8H12O2S.